The highest BCUT2D eigenvalue weighted by Crippen LogP contribution is 2.48. The quantitative estimate of drug-likeness (QED) is 0.759. The number of hydrogen-bond acceptors (Lipinski definition) is 1. The third-order valence-electron chi connectivity index (χ3n) is 4.10. The van der Waals surface area contributed by atoms with E-state index in [1.807, 2.05) is 16.9 Å². The fourth-order valence-corrected chi connectivity index (χ4v) is 4.29. The zero-order valence-electron chi connectivity index (χ0n) is 10.9. The topological polar surface area (TPSA) is 17.1 Å². The second-order valence-electron chi connectivity index (χ2n) is 5.28. The van der Waals surface area contributed by atoms with Gasteiger partial charge in [0.15, 0.2) is 0 Å². The van der Waals surface area contributed by atoms with Crippen LogP contribution in [0.3, 0.4) is 0 Å². The number of fused-ring (bicyclic) bond motifs is 2. The Hall–Kier alpha value is -1.93. The fourth-order valence-electron chi connectivity index (χ4n) is 3.23. The average Bonchev–Trinajstić information content (AvgIpc) is 2.85. The van der Waals surface area contributed by atoms with Gasteiger partial charge in [-0.1, -0.05) is 60.7 Å². The molecule has 0 spiro atoms. The van der Waals surface area contributed by atoms with Gasteiger partial charge in [-0.2, -0.15) is 0 Å². The normalized spacial score (nSPS) is 30.2. The summed E-state index contributed by atoms with van der Waals surface area (Å²) in [4.78, 5) is 0. The predicted octanol–water partition coefficient (Wildman–Crippen LogP) is 3.98. The van der Waals surface area contributed by atoms with Crippen LogP contribution in [0, 0.1) is 5.92 Å². The van der Waals surface area contributed by atoms with Crippen molar-refractivity contribution in [1.82, 2.24) is 0 Å². The first-order valence-corrected chi connectivity index (χ1v) is 8.05. The lowest BCUT2D eigenvalue weighted by molar-refractivity contribution is 0.641. The van der Waals surface area contributed by atoms with E-state index in [2.05, 4.69) is 54.6 Å². The first-order valence-electron chi connectivity index (χ1n) is 6.77. The number of hydrogen-bond donors (Lipinski definition) is 0. The van der Waals surface area contributed by atoms with Gasteiger partial charge in [0.2, 0.25) is 0 Å². The standard InChI is InChI=1S/C18H14OS/c19-20-11-15-10-14-8-4-5-9-16(14)18(17(15)12-20)13-6-2-1-3-7-13/h1-12,16,18H. The van der Waals surface area contributed by atoms with Gasteiger partial charge < -0.3 is 0 Å². The van der Waals surface area contributed by atoms with Crippen molar-refractivity contribution in [3.05, 3.63) is 93.8 Å². The third kappa shape index (κ3) is 1.80. The van der Waals surface area contributed by atoms with Crippen molar-refractivity contribution in [1.29, 1.82) is 0 Å². The molecule has 1 aliphatic heterocycles. The van der Waals surface area contributed by atoms with E-state index in [1.54, 1.807) is 0 Å². The molecular formula is C18H14OS. The Morgan fingerprint density at radius 1 is 1.00 bits per heavy atom. The van der Waals surface area contributed by atoms with Gasteiger partial charge in [-0.3, -0.25) is 4.21 Å². The second kappa shape index (κ2) is 4.57. The minimum Gasteiger partial charge on any atom is -0.250 e. The van der Waals surface area contributed by atoms with Crippen molar-refractivity contribution in [3.63, 3.8) is 0 Å². The van der Waals surface area contributed by atoms with E-state index >= 15 is 0 Å². The van der Waals surface area contributed by atoms with E-state index in [0.717, 1.165) is 5.57 Å². The summed E-state index contributed by atoms with van der Waals surface area (Å²) in [7, 11) is -0.967. The maximum absolute atomic E-state index is 11.9. The van der Waals surface area contributed by atoms with Crippen LogP contribution in [0.4, 0.5) is 0 Å². The molecule has 0 fully saturated rings. The summed E-state index contributed by atoms with van der Waals surface area (Å²) in [5.74, 6) is 0.621. The molecule has 0 amide bonds. The molecule has 3 atom stereocenters. The molecule has 1 nitrogen and oxygen atoms in total. The SMILES string of the molecule is O=S1C=C2C=C3C=CC=CC3C(c3ccccc3)C2=C1. The minimum atomic E-state index is -0.967. The van der Waals surface area contributed by atoms with Gasteiger partial charge in [-0.05, 0) is 22.3 Å². The van der Waals surface area contributed by atoms with Gasteiger partial charge in [-0.15, -0.1) is 0 Å². The molecule has 2 heteroatoms. The Balaban J connectivity index is 1.92. The molecule has 3 aliphatic rings. The maximum Gasteiger partial charge on any atom is 0.0711 e. The predicted molar refractivity (Wildman–Crippen MR) is 83.3 cm³/mol. The lowest BCUT2D eigenvalue weighted by Gasteiger charge is -2.33. The van der Waals surface area contributed by atoms with Gasteiger partial charge >= 0.3 is 0 Å². The van der Waals surface area contributed by atoms with E-state index in [-0.39, 0.29) is 5.92 Å². The summed E-state index contributed by atoms with van der Waals surface area (Å²) in [6.07, 6.45) is 10.8. The van der Waals surface area contributed by atoms with Gasteiger partial charge in [0.25, 0.3) is 0 Å². The third-order valence-corrected chi connectivity index (χ3v) is 5.07. The van der Waals surface area contributed by atoms with Crippen LogP contribution in [0.15, 0.2) is 88.2 Å². The van der Waals surface area contributed by atoms with Crippen LogP contribution in [-0.2, 0) is 10.8 Å². The molecule has 3 unspecified atom stereocenters. The van der Waals surface area contributed by atoms with Gasteiger partial charge in [0.1, 0.15) is 0 Å². The van der Waals surface area contributed by atoms with Crippen LogP contribution in [0.5, 0.6) is 0 Å². The Morgan fingerprint density at radius 2 is 1.85 bits per heavy atom. The lowest BCUT2D eigenvalue weighted by atomic mass is 9.70. The summed E-state index contributed by atoms with van der Waals surface area (Å²) >= 11 is 0. The van der Waals surface area contributed by atoms with E-state index in [9.17, 15) is 4.21 Å². The molecule has 98 valence electrons. The van der Waals surface area contributed by atoms with E-state index in [4.69, 9.17) is 0 Å². The number of allylic oxidation sites excluding steroid dienone is 8. The van der Waals surface area contributed by atoms with Crippen LogP contribution in [-0.4, -0.2) is 4.21 Å². The van der Waals surface area contributed by atoms with Crippen molar-refractivity contribution < 1.29 is 4.21 Å². The fraction of sp³-hybridized carbons (Fsp3) is 0.111. The van der Waals surface area contributed by atoms with E-state index in [0.29, 0.717) is 5.92 Å². The summed E-state index contributed by atoms with van der Waals surface area (Å²) in [5.41, 5.74) is 4.94. The molecule has 4 rings (SSSR count). The van der Waals surface area contributed by atoms with Crippen LogP contribution in [0.2, 0.25) is 0 Å². The van der Waals surface area contributed by atoms with Crippen molar-refractivity contribution in [2.45, 2.75) is 5.92 Å². The van der Waals surface area contributed by atoms with Crippen molar-refractivity contribution in [2.24, 2.45) is 5.92 Å². The zero-order chi connectivity index (χ0) is 13.5. The molecule has 1 heterocycles. The molecule has 0 saturated carbocycles. The summed E-state index contributed by atoms with van der Waals surface area (Å²) < 4.78 is 11.9. The van der Waals surface area contributed by atoms with E-state index < -0.39 is 10.8 Å². The van der Waals surface area contributed by atoms with E-state index in [1.165, 1.54) is 16.7 Å². The van der Waals surface area contributed by atoms with Crippen molar-refractivity contribution in [3.8, 4) is 0 Å². The molecule has 2 aliphatic carbocycles. The summed E-state index contributed by atoms with van der Waals surface area (Å²) in [6, 6.07) is 10.5. The highest BCUT2D eigenvalue weighted by atomic mass is 32.2. The first-order chi connectivity index (χ1) is 9.83. The highest BCUT2D eigenvalue weighted by molar-refractivity contribution is 7.91. The minimum absolute atomic E-state index is 0.273. The van der Waals surface area contributed by atoms with Crippen molar-refractivity contribution in [2.75, 3.05) is 0 Å². The largest absolute Gasteiger partial charge is 0.250 e. The summed E-state index contributed by atoms with van der Waals surface area (Å²) in [6.45, 7) is 0. The average molecular weight is 278 g/mol. The second-order valence-corrected chi connectivity index (χ2v) is 6.41. The first kappa shape index (κ1) is 11.9. The van der Waals surface area contributed by atoms with Gasteiger partial charge in [0, 0.05) is 22.7 Å². The van der Waals surface area contributed by atoms with Crippen LogP contribution < -0.4 is 0 Å². The smallest absolute Gasteiger partial charge is 0.0711 e. The maximum atomic E-state index is 11.9. The summed E-state index contributed by atoms with van der Waals surface area (Å²) in [5, 5.41) is 3.77. The lowest BCUT2D eigenvalue weighted by Crippen LogP contribution is -2.20. The Labute approximate surface area is 121 Å². The number of benzene rings is 1. The molecule has 0 N–H and O–H groups in total. The molecule has 0 bridgehead atoms. The molecule has 1 aromatic rings. The molecule has 0 radical (unpaired) electrons. The molecule has 1 aromatic carbocycles. The zero-order valence-corrected chi connectivity index (χ0v) is 11.7. The monoisotopic (exact) mass is 278 g/mol. The Kier molecular flexibility index (Phi) is 2.71. The van der Waals surface area contributed by atoms with Crippen LogP contribution in [0.1, 0.15) is 11.5 Å². The van der Waals surface area contributed by atoms with Crippen molar-refractivity contribution >= 4 is 10.8 Å². The molecular weight excluding hydrogens is 264 g/mol. The number of rotatable bonds is 1. The van der Waals surface area contributed by atoms with Gasteiger partial charge in [0.05, 0.1) is 10.8 Å². The molecule has 0 aromatic heterocycles. The van der Waals surface area contributed by atoms with Crippen LogP contribution >= 0.6 is 0 Å². The Bertz CT molecular complexity index is 732. The van der Waals surface area contributed by atoms with Gasteiger partial charge in [-0.25, -0.2) is 0 Å². The van der Waals surface area contributed by atoms with Crippen LogP contribution in [0.25, 0.3) is 0 Å². The highest BCUT2D eigenvalue weighted by Gasteiger charge is 2.35. The molecule has 0 saturated heterocycles. The molecule has 20 heavy (non-hydrogen) atoms. The Morgan fingerprint density at radius 3 is 2.70 bits per heavy atom.